The minimum absolute atomic E-state index is 0.0156. The summed E-state index contributed by atoms with van der Waals surface area (Å²) in [5, 5.41) is 16.7. The summed E-state index contributed by atoms with van der Waals surface area (Å²) in [4.78, 5) is 23.9. The van der Waals surface area contributed by atoms with Crippen LogP contribution in [0.4, 0.5) is 24.5 Å². The SMILES string of the molecule is COc1cc([C@H]2Nc3ccc4ccccc4c3C3=C2C(=O)CC(C)(C)C3)ccc1Oc1ccc([N+](=O)[O-])cc1C(F)(F)F. The highest BCUT2D eigenvalue weighted by Gasteiger charge is 2.41. The van der Waals surface area contributed by atoms with Gasteiger partial charge in [0, 0.05) is 35.4 Å². The molecule has 1 aliphatic carbocycles. The molecule has 1 atom stereocenters. The predicted molar refractivity (Wildman–Crippen MR) is 156 cm³/mol. The lowest BCUT2D eigenvalue weighted by Crippen LogP contribution is -2.33. The molecule has 7 nitrogen and oxygen atoms in total. The molecule has 0 saturated heterocycles. The van der Waals surface area contributed by atoms with E-state index in [2.05, 4.69) is 25.2 Å². The van der Waals surface area contributed by atoms with E-state index < -0.39 is 34.1 Å². The third-order valence-corrected chi connectivity index (χ3v) is 7.96. The summed E-state index contributed by atoms with van der Waals surface area (Å²) >= 11 is 0. The van der Waals surface area contributed by atoms with Gasteiger partial charge in [0.05, 0.1) is 18.1 Å². The first-order valence-corrected chi connectivity index (χ1v) is 13.6. The Morgan fingerprint density at radius 3 is 2.42 bits per heavy atom. The van der Waals surface area contributed by atoms with E-state index in [9.17, 15) is 28.1 Å². The molecule has 0 fully saturated rings. The largest absolute Gasteiger partial charge is 0.493 e. The van der Waals surface area contributed by atoms with E-state index in [0.717, 1.165) is 39.7 Å². The number of benzene rings is 4. The van der Waals surface area contributed by atoms with Crippen molar-refractivity contribution in [1.82, 2.24) is 0 Å². The Labute approximate surface area is 245 Å². The molecule has 220 valence electrons. The van der Waals surface area contributed by atoms with Gasteiger partial charge in [-0.05, 0) is 58.0 Å². The Bertz CT molecular complexity index is 1840. The second-order valence-electron chi connectivity index (χ2n) is 11.6. The lowest BCUT2D eigenvalue weighted by Gasteiger charge is -2.40. The summed E-state index contributed by atoms with van der Waals surface area (Å²) in [6.45, 7) is 4.16. The standard InChI is InChI=1S/C33H27F3N2O5/c1-32(2)16-22-29-21-7-5-4-6-18(21)8-11-24(29)37-31(30(22)25(39)17-32)19-9-12-27(28(14-19)42-3)43-26-13-10-20(38(40)41)15-23(26)33(34,35)36/h4-15,31,37H,16-17H2,1-3H3/t31-/m1/s1. The van der Waals surface area contributed by atoms with E-state index in [4.69, 9.17) is 9.47 Å². The molecule has 0 amide bonds. The maximum atomic E-state index is 13.8. The fraction of sp³-hybridized carbons (Fsp3) is 0.242. The molecule has 10 heteroatoms. The molecule has 2 aliphatic rings. The van der Waals surface area contributed by atoms with Gasteiger partial charge in [-0.15, -0.1) is 0 Å². The second-order valence-corrected chi connectivity index (χ2v) is 11.6. The van der Waals surface area contributed by atoms with Gasteiger partial charge in [-0.2, -0.15) is 13.2 Å². The Morgan fingerprint density at radius 1 is 0.953 bits per heavy atom. The first-order valence-electron chi connectivity index (χ1n) is 13.6. The molecule has 1 N–H and O–H groups in total. The van der Waals surface area contributed by atoms with Crippen LogP contribution in [-0.2, 0) is 11.0 Å². The number of nitro benzene ring substituents is 1. The van der Waals surface area contributed by atoms with Gasteiger partial charge in [-0.1, -0.05) is 50.2 Å². The van der Waals surface area contributed by atoms with Gasteiger partial charge in [-0.3, -0.25) is 14.9 Å². The van der Waals surface area contributed by atoms with Gasteiger partial charge in [0.1, 0.15) is 11.3 Å². The Hall–Kier alpha value is -4.86. The Morgan fingerprint density at radius 2 is 1.70 bits per heavy atom. The molecule has 0 bridgehead atoms. The van der Waals surface area contributed by atoms with E-state index in [0.29, 0.717) is 30.0 Å². The van der Waals surface area contributed by atoms with Gasteiger partial charge < -0.3 is 14.8 Å². The summed E-state index contributed by atoms with van der Waals surface area (Å²) < 4.78 is 52.5. The maximum absolute atomic E-state index is 13.8. The zero-order valence-corrected chi connectivity index (χ0v) is 23.5. The molecule has 43 heavy (non-hydrogen) atoms. The highest BCUT2D eigenvalue weighted by Crippen LogP contribution is 2.52. The number of halogens is 3. The van der Waals surface area contributed by atoms with Gasteiger partial charge in [0.25, 0.3) is 5.69 Å². The highest BCUT2D eigenvalue weighted by atomic mass is 19.4. The lowest BCUT2D eigenvalue weighted by molar-refractivity contribution is -0.385. The van der Waals surface area contributed by atoms with Crippen molar-refractivity contribution in [3.05, 3.63) is 105 Å². The van der Waals surface area contributed by atoms with Crippen molar-refractivity contribution in [1.29, 1.82) is 0 Å². The van der Waals surface area contributed by atoms with Crippen molar-refractivity contribution in [2.45, 2.75) is 38.9 Å². The molecule has 6 rings (SSSR count). The monoisotopic (exact) mass is 588 g/mol. The molecule has 0 radical (unpaired) electrons. The number of nitrogens with zero attached hydrogens (tertiary/aromatic N) is 1. The number of ether oxygens (including phenoxy) is 2. The summed E-state index contributed by atoms with van der Waals surface area (Å²) in [7, 11) is 1.36. The molecule has 0 spiro atoms. The van der Waals surface area contributed by atoms with Gasteiger partial charge in [-0.25, -0.2) is 0 Å². The number of rotatable bonds is 5. The number of carbonyl (C=O) groups is 1. The number of nitro groups is 1. The van der Waals surface area contributed by atoms with Crippen molar-refractivity contribution in [2.75, 3.05) is 12.4 Å². The number of nitrogens with one attached hydrogen (secondary N) is 1. The van der Waals surface area contributed by atoms with Crippen LogP contribution in [0.5, 0.6) is 17.2 Å². The van der Waals surface area contributed by atoms with Crippen molar-refractivity contribution in [2.24, 2.45) is 5.41 Å². The van der Waals surface area contributed by atoms with Crippen molar-refractivity contribution < 1.29 is 32.4 Å². The minimum Gasteiger partial charge on any atom is -0.493 e. The van der Waals surface area contributed by atoms with Crippen molar-refractivity contribution >= 4 is 33.5 Å². The second kappa shape index (κ2) is 10.1. The summed E-state index contributed by atoms with van der Waals surface area (Å²) in [5.41, 5.74) is 1.98. The van der Waals surface area contributed by atoms with Crippen LogP contribution in [0.2, 0.25) is 0 Å². The number of Topliss-reactive ketones (excluding diaryl/α,β-unsaturated/α-hetero) is 1. The number of carbonyl (C=O) groups excluding carboxylic acids is 1. The molecular formula is C33H27F3N2O5. The number of alkyl halides is 3. The molecule has 0 unspecified atom stereocenters. The molecular weight excluding hydrogens is 561 g/mol. The predicted octanol–water partition coefficient (Wildman–Crippen LogP) is 8.88. The van der Waals surface area contributed by atoms with E-state index in [1.165, 1.54) is 13.2 Å². The number of non-ortho nitro benzene ring substituents is 1. The molecule has 4 aromatic rings. The average molecular weight is 589 g/mol. The summed E-state index contributed by atoms with van der Waals surface area (Å²) in [6.07, 6.45) is -3.81. The van der Waals surface area contributed by atoms with Crippen LogP contribution in [0.3, 0.4) is 0 Å². The average Bonchev–Trinajstić information content (AvgIpc) is 2.95. The summed E-state index contributed by atoms with van der Waals surface area (Å²) in [5.74, 6) is -0.448. The van der Waals surface area contributed by atoms with E-state index in [1.807, 2.05) is 30.3 Å². The molecule has 1 heterocycles. The zero-order valence-electron chi connectivity index (χ0n) is 23.5. The number of fused-ring (bicyclic) bond motifs is 4. The van der Waals surface area contributed by atoms with Gasteiger partial charge in [0.2, 0.25) is 0 Å². The Balaban J connectivity index is 1.44. The number of hydrogen-bond donors (Lipinski definition) is 1. The van der Waals surface area contributed by atoms with E-state index in [-0.39, 0.29) is 22.7 Å². The van der Waals surface area contributed by atoms with Crippen LogP contribution in [0.25, 0.3) is 16.3 Å². The quantitative estimate of drug-likeness (QED) is 0.185. The maximum Gasteiger partial charge on any atom is 0.420 e. The number of allylic oxidation sites excluding steroid dienone is 1. The van der Waals surface area contributed by atoms with E-state index >= 15 is 0 Å². The fourth-order valence-electron chi connectivity index (χ4n) is 6.10. The van der Waals surface area contributed by atoms with Crippen molar-refractivity contribution in [3.63, 3.8) is 0 Å². The van der Waals surface area contributed by atoms with Crippen LogP contribution in [0.15, 0.2) is 78.4 Å². The van der Waals surface area contributed by atoms with Crippen LogP contribution < -0.4 is 14.8 Å². The number of ketones is 1. The normalized spacial score (nSPS) is 17.6. The first-order chi connectivity index (χ1) is 20.4. The molecule has 1 aliphatic heterocycles. The molecule has 4 aromatic carbocycles. The minimum atomic E-state index is -4.89. The smallest absolute Gasteiger partial charge is 0.420 e. The van der Waals surface area contributed by atoms with Crippen LogP contribution in [0.1, 0.15) is 49.4 Å². The van der Waals surface area contributed by atoms with Crippen LogP contribution in [-0.4, -0.2) is 17.8 Å². The lowest BCUT2D eigenvalue weighted by atomic mass is 9.68. The number of hydrogen-bond acceptors (Lipinski definition) is 6. The van der Waals surface area contributed by atoms with Crippen LogP contribution in [0, 0.1) is 15.5 Å². The summed E-state index contributed by atoms with van der Waals surface area (Å²) in [6, 6.07) is 18.6. The zero-order chi connectivity index (χ0) is 30.7. The first kappa shape index (κ1) is 28.3. The third kappa shape index (κ3) is 5.07. The molecule has 0 aromatic heterocycles. The number of methoxy groups -OCH3 is 1. The molecule has 0 saturated carbocycles. The van der Waals surface area contributed by atoms with Crippen molar-refractivity contribution in [3.8, 4) is 17.2 Å². The van der Waals surface area contributed by atoms with Crippen LogP contribution >= 0.6 is 0 Å². The Kier molecular flexibility index (Phi) is 6.67. The number of anilines is 1. The highest BCUT2D eigenvalue weighted by molar-refractivity contribution is 6.12. The van der Waals surface area contributed by atoms with Gasteiger partial charge in [0.15, 0.2) is 17.3 Å². The van der Waals surface area contributed by atoms with E-state index in [1.54, 1.807) is 12.1 Å². The van der Waals surface area contributed by atoms with Gasteiger partial charge >= 0.3 is 6.18 Å². The topological polar surface area (TPSA) is 90.7 Å². The fourth-order valence-corrected chi connectivity index (χ4v) is 6.10. The third-order valence-electron chi connectivity index (χ3n) is 7.96.